The van der Waals surface area contributed by atoms with E-state index in [0.717, 1.165) is 41.9 Å². The summed E-state index contributed by atoms with van der Waals surface area (Å²) in [5, 5.41) is 4.38. The summed E-state index contributed by atoms with van der Waals surface area (Å²) in [7, 11) is 0. The van der Waals surface area contributed by atoms with E-state index in [2.05, 4.69) is 10.1 Å². The van der Waals surface area contributed by atoms with Gasteiger partial charge in [0, 0.05) is 16.6 Å². The number of aromatic nitrogens is 2. The van der Waals surface area contributed by atoms with Gasteiger partial charge in [0.1, 0.15) is 6.54 Å². The Morgan fingerprint density at radius 1 is 1.11 bits per heavy atom. The first kappa shape index (κ1) is 17.7. The first-order valence-corrected chi connectivity index (χ1v) is 9.20. The van der Waals surface area contributed by atoms with Gasteiger partial charge in [0.05, 0.1) is 0 Å². The van der Waals surface area contributed by atoms with E-state index in [1.54, 1.807) is 24.3 Å². The van der Waals surface area contributed by atoms with Crippen molar-refractivity contribution in [2.24, 2.45) is 0 Å². The van der Waals surface area contributed by atoms with Gasteiger partial charge in [0.15, 0.2) is 0 Å². The number of hydrogen-bond donors (Lipinski definition) is 0. The molecule has 1 aromatic heterocycles. The van der Waals surface area contributed by atoms with Gasteiger partial charge in [-0.05, 0) is 25.0 Å². The summed E-state index contributed by atoms with van der Waals surface area (Å²) < 4.78 is 5.15. The van der Waals surface area contributed by atoms with Crippen LogP contribution in [0.4, 0.5) is 4.79 Å². The fourth-order valence-electron chi connectivity index (χ4n) is 3.52. The van der Waals surface area contributed by atoms with E-state index in [1.165, 1.54) is 0 Å². The second-order valence-corrected chi connectivity index (χ2v) is 7.10. The van der Waals surface area contributed by atoms with E-state index in [0.29, 0.717) is 16.4 Å². The van der Waals surface area contributed by atoms with Gasteiger partial charge in [-0.15, -0.1) is 0 Å². The van der Waals surface area contributed by atoms with Crippen LogP contribution in [0.1, 0.15) is 38.0 Å². The maximum atomic E-state index is 12.7. The fraction of sp³-hybridized carbons (Fsp3) is 0.389. The van der Waals surface area contributed by atoms with Gasteiger partial charge in [-0.25, -0.2) is 9.69 Å². The SMILES string of the molecule is O=C1C(=O)N(C2CCCCC2)C(=O)N1Cc1nc(-c2cccc(Cl)c2)no1. The average Bonchev–Trinajstić information content (AvgIpc) is 3.22. The van der Waals surface area contributed by atoms with Crippen LogP contribution in [0.5, 0.6) is 0 Å². The lowest BCUT2D eigenvalue weighted by atomic mass is 9.94. The Bertz CT molecular complexity index is 906. The molecule has 1 saturated heterocycles. The number of carbonyl (C=O) groups excluding carboxylic acids is 3. The zero-order valence-electron chi connectivity index (χ0n) is 14.4. The molecule has 0 unspecified atom stereocenters. The lowest BCUT2D eigenvalue weighted by Gasteiger charge is -2.28. The van der Waals surface area contributed by atoms with E-state index >= 15 is 0 Å². The first-order chi connectivity index (χ1) is 13.0. The van der Waals surface area contributed by atoms with Gasteiger partial charge < -0.3 is 4.52 Å². The molecular weight excluding hydrogens is 372 g/mol. The average molecular weight is 389 g/mol. The highest BCUT2D eigenvalue weighted by Crippen LogP contribution is 2.28. The number of amides is 4. The van der Waals surface area contributed by atoms with Crippen molar-refractivity contribution in [2.75, 3.05) is 0 Å². The number of urea groups is 1. The van der Waals surface area contributed by atoms with Crippen LogP contribution in [0.2, 0.25) is 5.02 Å². The van der Waals surface area contributed by atoms with Gasteiger partial charge in [-0.2, -0.15) is 4.98 Å². The van der Waals surface area contributed by atoms with Gasteiger partial charge in [0.25, 0.3) is 0 Å². The van der Waals surface area contributed by atoms with Crippen LogP contribution in [0, 0.1) is 0 Å². The van der Waals surface area contributed by atoms with Crippen LogP contribution in [-0.4, -0.2) is 43.8 Å². The molecule has 4 rings (SSSR count). The third kappa shape index (κ3) is 3.32. The Morgan fingerprint density at radius 3 is 2.63 bits per heavy atom. The molecule has 1 aliphatic carbocycles. The zero-order chi connectivity index (χ0) is 19.0. The molecule has 0 N–H and O–H groups in total. The topological polar surface area (TPSA) is 96.6 Å². The number of benzene rings is 1. The number of carbonyl (C=O) groups is 3. The van der Waals surface area contributed by atoms with Crippen LogP contribution >= 0.6 is 11.6 Å². The van der Waals surface area contributed by atoms with Crippen molar-refractivity contribution in [3.63, 3.8) is 0 Å². The molecule has 1 aliphatic heterocycles. The second kappa shape index (κ2) is 7.11. The molecule has 0 spiro atoms. The Morgan fingerprint density at radius 2 is 1.89 bits per heavy atom. The van der Waals surface area contributed by atoms with Crippen LogP contribution in [0.25, 0.3) is 11.4 Å². The minimum Gasteiger partial charge on any atom is -0.337 e. The summed E-state index contributed by atoms with van der Waals surface area (Å²) in [4.78, 5) is 43.4. The number of imide groups is 2. The summed E-state index contributed by atoms with van der Waals surface area (Å²) >= 11 is 5.96. The van der Waals surface area contributed by atoms with Crippen molar-refractivity contribution in [1.82, 2.24) is 19.9 Å². The number of hydrogen-bond acceptors (Lipinski definition) is 6. The van der Waals surface area contributed by atoms with Crippen LogP contribution in [0.15, 0.2) is 28.8 Å². The summed E-state index contributed by atoms with van der Waals surface area (Å²) in [6.45, 7) is -0.236. The first-order valence-electron chi connectivity index (χ1n) is 8.82. The Hall–Kier alpha value is -2.74. The quantitative estimate of drug-likeness (QED) is 0.590. The largest absolute Gasteiger partial charge is 0.337 e. The molecule has 140 valence electrons. The molecule has 2 aliphatic rings. The number of nitrogens with zero attached hydrogens (tertiary/aromatic N) is 4. The number of halogens is 1. The Kier molecular flexibility index (Phi) is 4.65. The van der Waals surface area contributed by atoms with E-state index in [1.807, 2.05) is 0 Å². The number of rotatable bonds is 4. The summed E-state index contributed by atoms with van der Waals surface area (Å²) in [6, 6.07) is 6.09. The molecule has 1 saturated carbocycles. The van der Waals surface area contributed by atoms with Crippen molar-refractivity contribution >= 4 is 29.4 Å². The van der Waals surface area contributed by atoms with Crippen molar-refractivity contribution in [3.05, 3.63) is 35.2 Å². The molecular formula is C18H17ClN4O4. The molecule has 8 nitrogen and oxygen atoms in total. The van der Waals surface area contributed by atoms with Crippen LogP contribution in [-0.2, 0) is 16.1 Å². The Labute approximate surface area is 160 Å². The van der Waals surface area contributed by atoms with Crippen molar-refractivity contribution in [1.29, 1.82) is 0 Å². The minimum atomic E-state index is -0.854. The molecule has 27 heavy (non-hydrogen) atoms. The Balaban J connectivity index is 1.52. The normalized spacial score (nSPS) is 18.6. The molecule has 0 atom stereocenters. The van der Waals surface area contributed by atoms with Crippen LogP contribution < -0.4 is 0 Å². The lowest BCUT2D eigenvalue weighted by molar-refractivity contribution is -0.144. The highest BCUT2D eigenvalue weighted by Gasteiger charge is 2.48. The highest BCUT2D eigenvalue weighted by molar-refractivity contribution is 6.44. The third-order valence-corrected chi connectivity index (χ3v) is 5.10. The minimum absolute atomic E-state index is 0.0740. The van der Waals surface area contributed by atoms with E-state index in [-0.39, 0.29) is 18.5 Å². The van der Waals surface area contributed by atoms with E-state index in [9.17, 15) is 14.4 Å². The third-order valence-electron chi connectivity index (χ3n) is 4.87. The molecule has 2 aromatic rings. The summed E-state index contributed by atoms with van der Waals surface area (Å²) in [6.07, 6.45) is 4.44. The maximum Gasteiger partial charge on any atom is 0.334 e. The highest BCUT2D eigenvalue weighted by atomic mass is 35.5. The molecule has 0 radical (unpaired) electrons. The monoisotopic (exact) mass is 388 g/mol. The van der Waals surface area contributed by atoms with Crippen molar-refractivity contribution < 1.29 is 18.9 Å². The molecule has 0 bridgehead atoms. The lowest BCUT2D eigenvalue weighted by Crippen LogP contribution is -2.42. The molecule has 2 heterocycles. The van der Waals surface area contributed by atoms with Gasteiger partial charge >= 0.3 is 17.8 Å². The molecule has 9 heteroatoms. The second-order valence-electron chi connectivity index (χ2n) is 6.66. The molecule has 2 fully saturated rings. The standard InChI is InChI=1S/C18H17ClN4O4/c19-12-6-4-5-11(9-12)15-20-14(27-21-15)10-22-16(24)17(25)23(18(22)26)13-7-2-1-3-8-13/h4-6,9,13H,1-3,7-8,10H2. The predicted octanol–water partition coefficient (Wildman–Crippen LogP) is 3.01. The fourth-order valence-corrected chi connectivity index (χ4v) is 3.71. The van der Waals surface area contributed by atoms with Gasteiger partial charge in [-0.1, -0.05) is 48.2 Å². The smallest absolute Gasteiger partial charge is 0.334 e. The van der Waals surface area contributed by atoms with Gasteiger partial charge in [-0.3, -0.25) is 14.5 Å². The molecule has 4 amide bonds. The predicted molar refractivity (Wildman–Crippen MR) is 94.4 cm³/mol. The zero-order valence-corrected chi connectivity index (χ0v) is 15.2. The molecule has 1 aromatic carbocycles. The van der Waals surface area contributed by atoms with E-state index < -0.39 is 17.8 Å². The van der Waals surface area contributed by atoms with Crippen molar-refractivity contribution in [2.45, 2.75) is 44.7 Å². The van der Waals surface area contributed by atoms with E-state index in [4.69, 9.17) is 16.1 Å². The summed E-state index contributed by atoms with van der Waals surface area (Å²) in [5.74, 6) is -1.26. The van der Waals surface area contributed by atoms with Crippen molar-refractivity contribution in [3.8, 4) is 11.4 Å². The summed E-state index contributed by atoms with van der Waals surface area (Å²) in [5.41, 5.74) is 0.650. The van der Waals surface area contributed by atoms with Gasteiger partial charge in [0.2, 0.25) is 11.7 Å². The maximum absolute atomic E-state index is 12.7. The van der Waals surface area contributed by atoms with Crippen LogP contribution in [0.3, 0.4) is 0 Å².